The van der Waals surface area contributed by atoms with Gasteiger partial charge in [-0.3, -0.25) is 4.79 Å². The average molecular weight is 358 g/mol. The third-order valence-electron chi connectivity index (χ3n) is 3.62. The van der Waals surface area contributed by atoms with Crippen molar-refractivity contribution in [1.82, 2.24) is 19.7 Å². The number of hydrogen-bond acceptors (Lipinski definition) is 4. The monoisotopic (exact) mass is 357 g/mol. The summed E-state index contributed by atoms with van der Waals surface area (Å²) in [6.45, 7) is 5.23. The van der Waals surface area contributed by atoms with Crippen LogP contribution in [0.25, 0.3) is 11.4 Å². The maximum atomic E-state index is 12.2. The van der Waals surface area contributed by atoms with E-state index in [4.69, 9.17) is 5.73 Å². The molecule has 1 aliphatic rings. The van der Waals surface area contributed by atoms with Gasteiger partial charge in [-0.05, 0) is 13.8 Å². The van der Waals surface area contributed by atoms with Gasteiger partial charge < -0.3 is 15.2 Å². The van der Waals surface area contributed by atoms with Crippen molar-refractivity contribution in [3.8, 4) is 11.4 Å². The molecule has 0 saturated carbocycles. The van der Waals surface area contributed by atoms with E-state index in [-0.39, 0.29) is 30.7 Å². The summed E-state index contributed by atoms with van der Waals surface area (Å²) in [5, 5.41) is 8.49. The number of aromatic nitrogens is 3. The van der Waals surface area contributed by atoms with Crippen LogP contribution in [0, 0.1) is 0 Å². The maximum Gasteiger partial charge on any atom is 0.242 e. The summed E-state index contributed by atoms with van der Waals surface area (Å²) >= 11 is 0. The molecule has 0 spiro atoms. The van der Waals surface area contributed by atoms with Crippen LogP contribution >= 0.6 is 24.8 Å². The Bertz CT molecular complexity index is 666. The highest BCUT2D eigenvalue weighted by Crippen LogP contribution is 2.22. The normalized spacial score (nSPS) is 13.6. The fourth-order valence-electron chi connectivity index (χ4n) is 2.54. The van der Waals surface area contributed by atoms with E-state index in [1.54, 1.807) is 18.7 Å². The van der Waals surface area contributed by atoms with Crippen molar-refractivity contribution in [2.75, 3.05) is 6.54 Å². The summed E-state index contributed by atoms with van der Waals surface area (Å²) in [4.78, 5) is 14.0. The first-order valence-electron chi connectivity index (χ1n) is 7.02. The highest BCUT2D eigenvalue weighted by molar-refractivity contribution is 5.86. The number of nitrogens with zero attached hydrogens (tertiary/aromatic N) is 4. The minimum atomic E-state index is -0.857. The lowest BCUT2D eigenvalue weighted by Crippen LogP contribution is -2.52. The zero-order chi connectivity index (χ0) is 15.0. The lowest BCUT2D eigenvalue weighted by atomic mass is 10.1. The second-order valence-electron chi connectivity index (χ2n) is 5.91. The van der Waals surface area contributed by atoms with Crippen LogP contribution in [0.3, 0.4) is 0 Å². The SMILES string of the molecule is CC(C)(N)C(=O)N1CCn2c(nnc2-c2ccccc2)C1.Cl.Cl. The van der Waals surface area contributed by atoms with Gasteiger partial charge in [0.05, 0.1) is 12.1 Å². The van der Waals surface area contributed by atoms with Gasteiger partial charge in [-0.1, -0.05) is 30.3 Å². The van der Waals surface area contributed by atoms with E-state index in [0.29, 0.717) is 19.6 Å². The first-order chi connectivity index (χ1) is 9.97. The first kappa shape index (κ1) is 19.4. The molecule has 0 radical (unpaired) electrons. The molecule has 0 fully saturated rings. The van der Waals surface area contributed by atoms with E-state index in [2.05, 4.69) is 14.8 Å². The number of halogens is 2. The Morgan fingerprint density at radius 1 is 1.13 bits per heavy atom. The second kappa shape index (κ2) is 7.29. The van der Waals surface area contributed by atoms with E-state index in [0.717, 1.165) is 17.2 Å². The van der Waals surface area contributed by atoms with Gasteiger partial charge in [-0.15, -0.1) is 35.0 Å². The summed E-state index contributed by atoms with van der Waals surface area (Å²) in [5.41, 5.74) is 6.07. The van der Waals surface area contributed by atoms with E-state index >= 15 is 0 Å². The van der Waals surface area contributed by atoms with Crippen molar-refractivity contribution >= 4 is 30.7 Å². The van der Waals surface area contributed by atoms with Crippen molar-refractivity contribution in [2.45, 2.75) is 32.5 Å². The Morgan fingerprint density at radius 2 is 1.78 bits per heavy atom. The molecule has 0 saturated heterocycles. The molecule has 0 atom stereocenters. The van der Waals surface area contributed by atoms with Crippen LogP contribution in [0.15, 0.2) is 30.3 Å². The molecule has 0 bridgehead atoms. The molecule has 1 aromatic heterocycles. The number of fused-ring (bicyclic) bond motifs is 1. The zero-order valence-corrected chi connectivity index (χ0v) is 14.7. The highest BCUT2D eigenvalue weighted by atomic mass is 35.5. The molecule has 3 rings (SSSR count). The van der Waals surface area contributed by atoms with E-state index in [1.165, 1.54) is 0 Å². The lowest BCUT2D eigenvalue weighted by Gasteiger charge is -2.32. The molecular formula is C15H21Cl2N5O. The van der Waals surface area contributed by atoms with Crippen LogP contribution in [-0.4, -0.2) is 37.7 Å². The van der Waals surface area contributed by atoms with Crippen LogP contribution in [0.5, 0.6) is 0 Å². The maximum absolute atomic E-state index is 12.2. The molecule has 126 valence electrons. The average Bonchev–Trinajstić information content (AvgIpc) is 2.89. The van der Waals surface area contributed by atoms with Gasteiger partial charge in [-0.2, -0.15) is 0 Å². The molecule has 1 aliphatic heterocycles. The van der Waals surface area contributed by atoms with Gasteiger partial charge in [0.25, 0.3) is 0 Å². The zero-order valence-electron chi connectivity index (χ0n) is 13.1. The Hall–Kier alpha value is -1.63. The summed E-state index contributed by atoms with van der Waals surface area (Å²) < 4.78 is 2.07. The summed E-state index contributed by atoms with van der Waals surface area (Å²) in [6.07, 6.45) is 0. The number of rotatable bonds is 2. The van der Waals surface area contributed by atoms with Gasteiger partial charge in [0.1, 0.15) is 0 Å². The van der Waals surface area contributed by atoms with Crippen molar-refractivity contribution in [3.05, 3.63) is 36.2 Å². The smallest absolute Gasteiger partial charge is 0.242 e. The fourth-order valence-corrected chi connectivity index (χ4v) is 2.54. The first-order valence-corrected chi connectivity index (χ1v) is 7.02. The third kappa shape index (κ3) is 3.83. The molecule has 0 aliphatic carbocycles. The van der Waals surface area contributed by atoms with Gasteiger partial charge in [0, 0.05) is 18.7 Å². The van der Waals surface area contributed by atoms with Crippen molar-refractivity contribution < 1.29 is 4.79 Å². The Balaban J connectivity index is 0.00000132. The molecule has 23 heavy (non-hydrogen) atoms. The van der Waals surface area contributed by atoms with Crippen LogP contribution in [0.1, 0.15) is 19.7 Å². The Morgan fingerprint density at radius 3 is 2.39 bits per heavy atom. The largest absolute Gasteiger partial charge is 0.332 e. The number of amides is 1. The summed E-state index contributed by atoms with van der Waals surface area (Å²) in [7, 11) is 0. The van der Waals surface area contributed by atoms with E-state index < -0.39 is 5.54 Å². The standard InChI is InChI=1S/C15H19N5O.2ClH/c1-15(2,16)14(21)19-8-9-20-12(10-19)17-18-13(20)11-6-4-3-5-7-11;;/h3-7H,8-10,16H2,1-2H3;2*1H. The topological polar surface area (TPSA) is 77.0 Å². The number of hydrogen-bond donors (Lipinski definition) is 1. The predicted molar refractivity (Wildman–Crippen MR) is 93.6 cm³/mol. The second-order valence-corrected chi connectivity index (χ2v) is 5.91. The quantitative estimate of drug-likeness (QED) is 0.889. The van der Waals surface area contributed by atoms with Crippen molar-refractivity contribution in [2.24, 2.45) is 5.73 Å². The molecule has 2 N–H and O–H groups in total. The van der Waals surface area contributed by atoms with Gasteiger partial charge >= 0.3 is 0 Å². The van der Waals surface area contributed by atoms with Crippen LogP contribution < -0.4 is 5.73 Å². The Kier molecular flexibility index (Phi) is 6.16. The minimum absolute atomic E-state index is 0. The van der Waals surface area contributed by atoms with Gasteiger partial charge in [0.2, 0.25) is 5.91 Å². The summed E-state index contributed by atoms with van der Waals surface area (Å²) in [5.74, 6) is 1.60. The molecule has 2 aromatic rings. The summed E-state index contributed by atoms with van der Waals surface area (Å²) in [6, 6.07) is 9.95. The van der Waals surface area contributed by atoms with Crippen LogP contribution in [-0.2, 0) is 17.9 Å². The van der Waals surface area contributed by atoms with Gasteiger partial charge in [-0.25, -0.2) is 0 Å². The van der Waals surface area contributed by atoms with Crippen LogP contribution in [0.2, 0.25) is 0 Å². The number of carbonyl (C=O) groups excluding carboxylic acids is 1. The van der Waals surface area contributed by atoms with E-state index in [9.17, 15) is 4.79 Å². The molecule has 6 nitrogen and oxygen atoms in total. The van der Waals surface area contributed by atoms with Crippen molar-refractivity contribution in [1.29, 1.82) is 0 Å². The molecule has 0 unspecified atom stereocenters. The molecule has 1 aromatic carbocycles. The number of benzene rings is 1. The predicted octanol–water partition coefficient (Wildman–Crippen LogP) is 1.87. The molecule has 1 amide bonds. The fraction of sp³-hybridized carbons (Fsp3) is 0.400. The number of carbonyl (C=O) groups is 1. The van der Waals surface area contributed by atoms with Crippen LogP contribution in [0.4, 0.5) is 0 Å². The third-order valence-corrected chi connectivity index (χ3v) is 3.62. The van der Waals surface area contributed by atoms with E-state index in [1.807, 2.05) is 30.3 Å². The molecular weight excluding hydrogens is 337 g/mol. The Labute approximate surface area is 147 Å². The minimum Gasteiger partial charge on any atom is -0.332 e. The highest BCUT2D eigenvalue weighted by Gasteiger charge is 2.31. The lowest BCUT2D eigenvalue weighted by molar-refractivity contribution is -0.137. The molecule has 8 heteroatoms. The van der Waals surface area contributed by atoms with Gasteiger partial charge in [0.15, 0.2) is 11.6 Å². The number of nitrogens with two attached hydrogens (primary N) is 1. The molecule has 2 heterocycles. The van der Waals surface area contributed by atoms with Crippen molar-refractivity contribution in [3.63, 3.8) is 0 Å².